The Bertz CT molecular complexity index is 3000. The van der Waals surface area contributed by atoms with Crippen LogP contribution in [0.4, 0.5) is 17.1 Å². The number of anilines is 3. The monoisotopic (exact) mass is 677 g/mol. The fraction of sp³-hybridized carbons (Fsp3) is 0.115. The maximum atomic E-state index is 2.46. The van der Waals surface area contributed by atoms with Crippen molar-refractivity contribution in [3.63, 3.8) is 0 Å². The SMILES string of the molecule is CC1(C)c2cc3ccccc3cc2-c2cc3ccc(N(c4ccccc4)c4ccc5cc6c(cc5c4)C(C)(C)c4ccc5ccccc5c4-6)cc3cc21. The number of nitrogens with zero attached hydrogens (tertiary/aromatic N) is 1. The maximum Gasteiger partial charge on any atom is 0.0468 e. The predicted molar refractivity (Wildman–Crippen MR) is 226 cm³/mol. The smallest absolute Gasteiger partial charge is 0.0468 e. The summed E-state index contributed by atoms with van der Waals surface area (Å²) in [5.74, 6) is 0. The number of hydrogen-bond donors (Lipinski definition) is 0. The number of hydrogen-bond acceptors (Lipinski definition) is 1. The van der Waals surface area contributed by atoms with Crippen LogP contribution in [-0.2, 0) is 10.8 Å². The molecule has 0 saturated carbocycles. The third-order valence-corrected chi connectivity index (χ3v) is 12.5. The van der Waals surface area contributed by atoms with Crippen molar-refractivity contribution in [1.82, 2.24) is 0 Å². The molecule has 0 saturated heterocycles. The van der Waals surface area contributed by atoms with Crippen molar-refractivity contribution in [3.05, 3.63) is 186 Å². The van der Waals surface area contributed by atoms with Crippen LogP contribution in [0.1, 0.15) is 49.9 Å². The molecule has 2 aliphatic carbocycles. The molecule has 9 aromatic rings. The highest BCUT2D eigenvalue weighted by Crippen LogP contribution is 2.54. The van der Waals surface area contributed by atoms with Gasteiger partial charge in [0.15, 0.2) is 0 Å². The molecule has 0 N–H and O–H groups in total. The topological polar surface area (TPSA) is 3.24 Å². The summed E-state index contributed by atoms with van der Waals surface area (Å²) in [5, 5.41) is 10.3. The Hall–Kier alpha value is -6.18. The largest absolute Gasteiger partial charge is 0.310 e. The minimum atomic E-state index is -0.0870. The third-order valence-electron chi connectivity index (χ3n) is 12.5. The second-order valence-electron chi connectivity index (χ2n) is 16.2. The number of benzene rings is 9. The van der Waals surface area contributed by atoms with E-state index in [4.69, 9.17) is 0 Å². The summed E-state index contributed by atoms with van der Waals surface area (Å²) >= 11 is 0. The minimum Gasteiger partial charge on any atom is -0.310 e. The molecule has 0 radical (unpaired) electrons. The number of fused-ring (bicyclic) bond motifs is 11. The summed E-state index contributed by atoms with van der Waals surface area (Å²) in [5.41, 5.74) is 14.4. The average molecular weight is 678 g/mol. The third kappa shape index (κ3) is 4.31. The van der Waals surface area contributed by atoms with Gasteiger partial charge in [-0.3, -0.25) is 0 Å². The second-order valence-corrected chi connectivity index (χ2v) is 16.2. The summed E-state index contributed by atoms with van der Waals surface area (Å²) < 4.78 is 0. The molecule has 0 heterocycles. The Kier molecular flexibility index (Phi) is 6.14. The highest BCUT2D eigenvalue weighted by Gasteiger charge is 2.38. The summed E-state index contributed by atoms with van der Waals surface area (Å²) in [6.45, 7) is 9.53. The lowest BCUT2D eigenvalue weighted by Crippen LogP contribution is -2.15. The van der Waals surface area contributed by atoms with E-state index in [0.29, 0.717) is 0 Å². The Morgan fingerprint density at radius 2 is 0.774 bits per heavy atom. The molecule has 1 heteroatoms. The van der Waals surface area contributed by atoms with Gasteiger partial charge in [0.25, 0.3) is 0 Å². The first-order valence-electron chi connectivity index (χ1n) is 18.8. The van der Waals surface area contributed by atoms with Gasteiger partial charge in [-0.05, 0) is 160 Å². The van der Waals surface area contributed by atoms with Crippen molar-refractivity contribution >= 4 is 60.2 Å². The summed E-state index contributed by atoms with van der Waals surface area (Å²) in [6, 6.07) is 61.6. The van der Waals surface area contributed by atoms with Crippen LogP contribution in [0.2, 0.25) is 0 Å². The normalized spacial score (nSPS) is 14.7. The highest BCUT2D eigenvalue weighted by molar-refractivity contribution is 6.06. The van der Waals surface area contributed by atoms with E-state index in [2.05, 4.69) is 196 Å². The van der Waals surface area contributed by atoms with Crippen molar-refractivity contribution in [2.24, 2.45) is 0 Å². The van der Waals surface area contributed by atoms with Gasteiger partial charge < -0.3 is 4.90 Å². The molecular formula is C52H39N. The second kappa shape index (κ2) is 10.7. The first kappa shape index (κ1) is 30.4. The number of rotatable bonds is 3. The zero-order valence-corrected chi connectivity index (χ0v) is 30.5. The molecule has 0 aliphatic heterocycles. The zero-order valence-electron chi connectivity index (χ0n) is 30.5. The van der Waals surface area contributed by atoms with Gasteiger partial charge in [-0.25, -0.2) is 0 Å². The molecule has 0 fully saturated rings. The van der Waals surface area contributed by atoms with Gasteiger partial charge in [0, 0.05) is 27.9 Å². The van der Waals surface area contributed by atoms with Gasteiger partial charge in [0.05, 0.1) is 0 Å². The minimum absolute atomic E-state index is 0.0865. The Morgan fingerprint density at radius 1 is 0.321 bits per heavy atom. The molecule has 9 aromatic carbocycles. The van der Waals surface area contributed by atoms with E-state index >= 15 is 0 Å². The first-order chi connectivity index (χ1) is 25.8. The van der Waals surface area contributed by atoms with E-state index in [1.165, 1.54) is 87.6 Å². The summed E-state index contributed by atoms with van der Waals surface area (Å²) in [7, 11) is 0. The van der Waals surface area contributed by atoms with Crippen LogP contribution in [0.25, 0.3) is 65.3 Å². The maximum absolute atomic E-state index is 2.46. The van der Waals surface area contributed by atoms with Crippen LogP contribution in [0.3, 0.4) is 0 Å². The van der Waals surface area contributed by atoms with Gasteiger partial charge in [-0.15, -0.1) is 0 Å². The van der Waals surface area contributed by atoms with Crippen LogP contribution < -0.4 is 4.90 Å². The van der Waals surface area contributed by atoms with Gasteiger partial charge in [-0.2, -0.15) is 0 Å². The van der Waals surface area contributed by atoms with Crippen LogP contribution in [0, 0.1) is 0 Å². The fourth-order valence-corrected chi connectivity index (χ4v) is 9.69. The molecule has 0 unspecified atom stereocenters. The lowest BCUT2D eigenvalue weighted by atomic mass is 9.81. The summed E-state index contributed by atoms with van der Waals surface area (Å²) in [4.78, 5) is 2.42. The van der Waals surface area contributed by atoms with Crippen LogP contribution in [0.15, 0.2) is 164 Å². The lowest BCUT2D eigenvalue weighted by molar-refractivity contribution is 0.661. The molecule has 0 bridgehead atoms. The molecular weight excluding hydrogens is 639 g/mol. The number of para-hydroxylation sites is 1. The van der Waals surface area contributed by atoms with Gasteiger partial charge in [0.2, 0.25) is 0 Å². The van der Waals surface area contributed by atoms with Crippen molar-refractivity contribution in [3.8, 4) is 22.3 Å². The molecule has 2 aliphatic rings. The molecule has 1 nitrogen and oxygen atoms in total. The van der Waals surface area contributed by atoms with Crippen molar-refractivity contribution in [1.29, 1.82) is 0 Å². The quantitative estimate of drug-likeness (QED) is 0.180. The van der Waals surface area contributed by atoms with Crippen LogP contribution in [0.5, 0.6) is 0 Å². The molecule has 11 rings (SSSR count). The van der Waals surface area contributed by atoms with Crippen molar-refractivity contribution in [2.75, 3.05) is 4.90 Å². The molecule has 252 valence electrons. The first-order valence-corrected chi connectivity index (χ1v) is 18.8. The Morgan fingerprint density at radius 3 is 1.42 bits per heavy atom. The van der Waals surface area contributed by atoms with E-state index in [1.807, 2.05) is 0 Å². The van der Waals surface area contributed by atoms with Gasteiger partial charge in [-0.1, -0.05) is 119 Å². The standard InChI is InChI=1S/C52H39N/c1-51(2)46-23-20-32-12-10-11-17-42(32)50(46)45-28-36-19-22-41(25-38(36)31-49(45)51)53(39-15-6-5-7-16-39)40-21-18-35-27-44-43-26-33-13-8-9-14-34(33)29-47(43)52(3,4)48(44)30-37(35)24-40/h5-31H,1-4H3. The van der Waals surface area contributed by atoms with Crippen LogP contribution >= 0.6 is 0 Å². The van der Waals surface area contributed by atoms with E-state index in [9.17, 15) is 0 Å². The highest BCUT2D eigenvalue weighted by atomic mass is 15.1. The Labute approximate surface area is 310 Å². The molecule has 0 amide bonds. The molecule has 0 atom stereocenters. The Balaban J connectivity index is 1.06. The van der Waals surface area contributed by atoms with E-state index < -0.39 is 0 Å². The summed E-state index contributed by atoms with van der Waals surface area (Å²) in [6.07, 6.45) is 0. The van der Waals surface area contributed by atoms with E-state index in [0.717, 1.165) is 17.1 Å². The van der Waals surface area contributed by atoms with Crippen molar-refractivity contribution < 1.29 is 0 Å². The average Bonchev–Trinajstić information content (AvgIpc) is 3.53. The van der Waals surface area contributed by atoms with Crippen molar-refractivity contribution in [2.45, 2.75) is 38.5 Å². The van der Waals surface area contributed by atoms with Gasteiger partial charge in [0.1, 0.15) is 0 Å². The van der Waals surface area contributed by atoms with Crippen LogP contribution in [-0.4, -0.2) is 0 Å². The lowest BCUT2D eigenvalue weighted by Gasteiger charge is -2.27. The van der Waals surface area contributed by atoms with E-state index in [-0.39, 0.29) is 10.8 Å². The molecule has 0 spiro atoms. The fourth-order valence-electron chi connectivity index (χ4n) is 9.69. The zero-order chi connectivity index (χ0) is 35.6. The predicted octanol–water partition coefficient (Wildman–Crippen LogP) is 14.4. The molecule has 0 aromatic heterocycles. The molecule has 53 heavy (non-hydrogen) atoms. The van der Waals surface area contributed by atoms with E-state index in [1.54, 1.807) is 0 Å². The van der Waals surface area contributed by atoms with Gasteiger partial charge >= 0.3 is 0 Å².